The van der Waals surface area contributed by atoms with Gasteiger partial charge in [-0.15, -0.1) is 0 Å². The number of aliphatic imine (C=N–C) groups is 1. The van der Waals surface area contributed by atoms with E-state index in [1.165, 1.54) is 4.57 Å². The van der Waals surface area contributed by atoms with Crippen molar-refractivity contribution in [2.45, 2.75) is 19.3 Å². The van der Waals surface area contributed by atoms with Gasteiger partial charge in [-0.3, -0.25) is 9.36 Å². The van der Waals surface area contributed by atoms with Crippen molar-refractivity contribution in [2.75, 3.05) is 11.9 Å². The van der Waals surface area contributed by atoms with E-state index in [0.29, 0.717) is 22.2 Å². The number of imidazole rings is 1. The molecule has 0 fully saturated rings. The SMILES string of the molecule is O=c1nc(Nc2ccc(OC3=CNC(Cl)=NC3)cc2)n(Cc2ccc(Cl)cc2)c2ncn(CC(F)(F)F)c12. The lowest BCUT2D eigenvalue weighted by molar-refractivity contribution is -0.140. The Balaban J connectivity index is 1.47. The minimum atomic E-state index is -4.54. The summed E-state index contributed by atoms with van der Waals surface area (Å²) in [6.07, 6.45) is -1.94. The predicted octanol–water partition coefficient (Wildman–Crippen LogP) is 5.02. The maximum atomic E-state index is 13.1. The highest BCUT2D eigenvalue weighted by Crippen LogP contribution is 2.25. The van der Waals surface area contributed by atoms with Gasteiger partial charge in [0, 0.05) is 16.9 Å². The van der Waals surface area contributed by atoms with Crippen molar-refractivity contribution in [1.82, 2.24) is 24.4 Å². The van der Waals surface area contributed by atoms with Gasteiger partial charge in [0.15, 0.2) is 16.5 Å². The highest BCUT2D eigenvalue weighted by molar-refractivity contribution is 6.64. The summed E-state index contributed by atoms with van der Waals surface area (Å²) >= 11 is 11.8. The minimum Gasteiger partial charge on any atom is -0.458 e. The molecule has 0 bridgehead atoms. The van der Waals surface area contributed by atoms with Crippen LogP contribution >= 0.6 is 23.2 Å². The number of fused-ring (bicyclic) bond motifs is 1. The van der Waals surface area contributed by atoms with Crippen LogP contribution in [0.2, 0.25) is 5.02 Å². The van der Waals surface area contributed by atoms with E-state index in [9.17, 15) is 18.0 Å². The second-order valence-corrected chi connectivity index (χ2v) is 9.02. The number of alkyl halides is 3. The quantitative estimate of drug-likeness (QED) is 0.306. The molecule has 0 aliphatic carbocycles. The van der Waals surface area contributed by atoms with Crippen LogP contribution in [-0.2, 0) is 13.1 Å². The number of hydrogen-bond donors (Lipinski definition) is 2. The van der Waals surface area contributed by atoms with Gasteiger partial charge in [0.25, 0.3) is 0 Å². The first-order valence-electron chi connectivity index (χ1n) is 11.1. The number of nitrogens with zero attached hydrogens (tertiary/aromatic N) is 5. The molecule has 0 atom stereocenters. The van der Waals surface area contributed by atoms with Crippen molar-refractivity contribution in [2.24, 2.45) is 4.99 Å². The predicted molar refractivity (Wildman–Crippen MR) is 138 cm³/mol. The van der Waals surface area contributed by atoms with E-state index in [1.807, 2.05) is 0 Å². The summed E-state index contributed by atoms with van der Waals surface area (Å²) in [5.41, 5.74) is 0.299. The molecule has 0 radical (unpaired) electrons. The van der Waals surface area contributed by atoms with Gasteiger partial charge in [0.1, 0.15) is 24.6 Å². The summed E-state index contributed by atoms with van der Waals surface area (Å²) < 4.78 is 47.3. The summed E-state index contributed by atoms with van der Waals surface area (Å²) in [4.78, 5) is 25.1. The van der Waals surface area contributed by atoms with Gasteiger partial charge in [-0.2, -0.15) is 18.2 Å². The van der Waals surface area contributed by atoms with Gasteiger partial charge in [0.05, 0.1) is 12.9 Å². The number of halogens is 5. The molecule has 0 amide bonds. The monoisotopic (exact) mass is 563 g/mol. The third kappa shape index (κ3) is 5.92. The molecule has 2 aromatic heterocycles. The van der Waals surface area contributed by atoms with Crippen LogP contribution in [0.1, 0.15) is 5.56 Å². The highest BCUT2D eigenvalue weighted by atomic mass is 35.5. The summed E-state index contributed by atoms with van der Waals surface area (Å²) in [5, 5.41) is 6.62. The number of nitrogens with one attached hydrogen (secondary N) is 2. The normalized spacial score (nSPS) is 13.6. The smallest absolute Gasteiger partial charge is 0.406 e. The molecule has 0 saturated heterocycles. The lowest BCUT2D eigenvalue weighted by atomic mass is 10.2. The molecule has 1 aliphatic rings. The van der Waals surface area contributed by atoms with Gasteiger partial charge in [-0.25, -0.2) is 9.98 Å². The summed E-state index contributed by atoms with van der Waals surface area (Å²) in [6.45, 7) is -0.912. The Labute approximate surface area is 223 Å². The molecule has 38 heavy (non-hydrogen) atoms. The molecule has 196 valence electrons. The Morgan fingerprint density at radius 1 is 1.08 bits per heavy atom. The van der Waals surface area contributed by atoms with Crippen LogP contribution in [-0.4, -0.2) is 37.1 Å². The number of rotatable bonds is 7. The lowest BCUT2D eigenvalue weighted by Crippen LogP contribution is -2.23. The zero-order valence-corrected chi connectivity index (χ0v) is 20.8. The number of aromatic nitrogens is 4. The molecular weight excluding hydrogens is 546 g/mol. The Kier molecular flexibility index (Phi) is 7.00. The number of anilines is 2. The average Bonchev–Trinajstić information content (AvgIpc) is 3.28. The first-order chi connectivity index (χ1) is 18.1. The van der Waals surface area contributed by atoms with Crippen LogP contribution < -0.4 is 20.9 Å². The van der Waals surface area contributed by atoms with Crippen molar-refractivity contribution in [3.05, 3.63) is 87.8 Å². The molecule has 14 heteroatoms. The van der Waals surface area contributed by atoms with Crippen molar-refractivity contribution in [1.29, 1.82) is 0 Å². The molecule has 9 nitrogen and oxygen atoms in total. The van der Waals surface area contributed by atoms with Gasteiger partial charge < -0.3 is 19.9 Å². The fraction of sp³-hybridized carbons (Fsp3) is 0.167. The molecule has 0 spiro atoms. The molecule has 5 rings (SSSR count). The van der Waals surface area contributed by atoms with E-state index in [-0.39, 0.29) is 35.5 Å². The first kappa shape index (κ1) is 25.6. The third-order valence-electron chi connectivity index (χ3n) is 5.43. The zero-order chi connectivity index (χ0) is 26.9. The van der Waals surface area contributed by atoms with Crippen LogP contribution in [0.4, 0.5) is 24.8 Å². The van der Waals surface area contributed by atoms with Crippen LogP contribution in [0.3, 0.4) is 0 Å². The Morgan fingerprint density at radius 3 is 2.47 bits per heavy atom. The maximum Gasteiger partial charge on any atom is 0.406 e. The largest absolute Gasteiger partial charge is 0.458 e. The number of hydrogen-bond acceptors (Lipinski definition) is 7. The molecule has 2 N–H and O–H groups in total. The first-order valence-corrected chi connectivity index (χ1v) is 11.9. The number of ether oxygens (including phenoxy) is 1. The van der Waals surface area contributed by atoms with Gasteiger partial charge in [0.2, 0.25) is 5.95 Å². The molecule has 0 unspecified atom stereocenters. The van der Waals surface area contributed by atoms with E-state index >= 15 is 0 Å². The van der Waals surface area contributed by atoms with E-state index in [4.69, 9.17) is 27.9 Å². The van der Waals surface area contributed by atoms with E-state index < -0.39 is 18.3 Å². The standard InChI is InChI=1S/C24H18Cl2F3N7O2/c25-15-3-1-14(2-4-15)11-36-20-19(35(13-32-20)12-24(27,28)29)21(37)34-23(36)33-16-5-7-17(8-6-16)38-18-9-30-22(26)31-10-18/h1-9,13H,10-12H2,(H,30,31)(H,33,34,37). The van der Waals surface area contributed by atoms with Crippen molar-refractivity contribution >= 4 is 51.3 Å². The highest BCUT2D eigenvalue weighted by Gasteiger charge is 2.30. The number of benzene rings is 2. The molecule has 0 saturated carbocycles. The van der Waals surface area contributed by atoms with Crippen LogP contribution in [0, 0.1) is 0 Å². The second kappa shape index (κ2) is 10.4. The number of amidine groups is 1. The lowest BCUT2D eigenvalue weighted by Gasteiger charge is -2.16. The van der Waals surface area contributed by atoms with Crippen molar-refractivity contribution in [3.63, 3.8) is 0 Å². The van der Waals surface area contributed by atoms with Crippen molar-refractivity contribution in [3.8, 4) is 5.75 Å². The second-order valence-electron chi connectivity index (χ2n) is 8.23. The maximum absolute atomic E-state index is 13.1. The average molecular weight is 564 g/mol. The van der Waals surface area contributed by atoms with Crippen LogP contribution in [0.5, 0.6) is 5.75 Å². The van der Waals surface area contributed by atoms with Crippen molar-refractivity contribution < 1.29 is 17.9 Å². The Morgan fingerprint density at radius 2 is 1.82 bits per heavy atom. The van der Waals surface area contributed by atoms with E-state index in [0.717, 1.165) is 16.5 Å². The Hall–Kier alpha value is -4.03. The van der Waals surface area contributed by atoms with Crippen LogP contribution in [0.15, 0.2) is 76.6 Å². The molecular formula is C24H18Cl2F3N7O2. The summed E-state index contributed by atoms with van der Waals surface area (Å²) in [7, 11) is 0. The topological polar surface area (TPSA) is 98.4 Å². The summed E-state index contributed by atoms with van der Waals surface area (Å²) in [5.74, 6) is 1.20. The Bertz CT molecular complexity index is 1600. The molecule has 4 aromatic rings. The molecule has 2 aromatic carbocycles. The zero-order valence-electron chi connectivity index (χ0n) is 19.3. The molecule has 1 aliphatic heterocycles. The molecule has 3 heterocycles. The fourth-order valence-corrected chi connectivity index (χ4v) is 4.00. The van der Waals surface area contributed by atoms with E-state index in [1.54, 1.807) is 54.7 Å². The minimum absolute atomic E-state index is 0.0580. The van der Waals surface area contributed by atoms with Crippen LogP contribution in [0.25, 0.3) is 11.2 Å². The third-order valence-corrected chi connectivity index (χ3v) is 5.91. The van der Waals surface area contributed by atoms with E-state index in [2.05, 4.69) is 25.6 Å². The fourth-order valence-electron chi connectivity index (χ4n) is 3.76. The van der Waals surface area contributed by atoms with Gasteiger partial charge >= 0.3 is 11.7 Å². The summed E-state index contributed by atoms with van der Waals surface area (Å²) in [6, 6.07) is 13.7. The van der Waals surface area contributed by atoms with Gasteiger partial charge in [-0.1, -0.05) is 23.7 Å². The van der Waals surface area contributed by atoms with Gasteiger partial charge in [-0.05, 0) is 53.6 Å².